The van der Waals surface area contributed by atoms with Crippen molar-refractivity contribution in [1.82, 2.24) is 14.7 Å². The molecule has 0 unspecified atom stereocenters. The average molecular weight is 451 g/mol. The monoisotopic (exact) mass is 450 g/mol. The van der Waals surface area contributed by atoms with Gasteiger partial charge in [-0.1, -0.05) is 22.8 Å². The maximum absolute atomic E-state index is 12.4. The SMILES string of the molecule is COc1ccc(-c2noc(-c3ccc(=O)n(CC(=O)Nc4ccc(C)c(Cl)c4)c3)n2)cc1. The fraction of sp³-hybridized carbons (Fsp3) is 0.130. The van der Waals surface area contributed by atoms with E-state index in [4.69, 9.17) is 20.9 Å². The molecule has 2 aromatic carbocycles. The number of amides is 1. The predicted molar refractivity (Wildman–Crippen MR) is 121 cm³/mol. The molecule has 0 aliphatic heterocycles. The van der Waals surface area contributed by atoms with Gasteiger partial charge in [0.2, 0.25) is 11.7 Å². The van der Waals surface area contributed by atoms with E-state index in [2.05, 4.69) is 15.5 Å². The van der Waals surface area contributed by atoms with E-state index in [1.54, 1.807) is 43.5 Å². The van der Waals surface area contributed by atoms with E-state index < -0.39 is 0 Å². The molecule has 0 radical (unpaired) electrons. The Bertz CT molecular complexity index is 1330. The third-order valence-corrected chi connectivity index (χ3v) is 5.18. The van der Waals surface area contributed by atoms with Gasteiger partial charge in [-0.25, -0.2) is 0 Å². The molecule has 0 fully saturated rings. The summed E-state index contributed by atoms with van der Waals surface area (Å²) in [5.41, 5.74) is 2.40. The van der Waals surface area contributed by atoms with E-state index in [-0.39, 0.29) is 23.9 Å². The molecule has 4 rings (SSSR count). The van der Waals surface area contributed by atoms with Crippen molar-refractivity contribution >= 4 is 23.2 Å². The van der Waals surface area contributed by atoms with Crippen molar-refractivity contribution in [3.05, 3.63) is 81.7 Å². The lowest BCUT2D eigenvalue weighted by Crippen LogP contribution is -2.26. The van der Waals surface area contributed by atoms with Crippen LogP contribution in [0.5, 0.6) is 5.75 Å². The molecule has 8 nitrogen and oxygen atoms in total. The van der Waals surface area contributed by atoms with Gasteiger partial charge in [-0.15, -0.1) is 0 Å². The maximum Gasteiger partial charge on any atom is 0.259 e. The van der Waals surface area contributed by atoms with Crippen LogP contribution in [0.1, 0.15) is 5.56 Å². The number of anilines is 1. The molecule has 1 N–H and O–H groups in total. The highest BCUT2D eigenvalue weighted by atomic mass is 35.5. The Morgan fingerprint density at radius 1 is 1.12 bits per heavy atom. The Balaban J connectivity index is 1.52. The van der Waals surface area contributed by atoms with Crippen LogP contribution in [0.3, 0.4) is 0 Å². The molecule has 2 heterocycles. The summed E-state index contributed by atoms with van der Waals surface area (Å²) in [4.78, 5) is 29.1. The zero-order valence-electron chi connectivity index (χ0n) is 17.3. The predicted octanol–water partition coefficient (Wildman–Crippen LogP) is 4.17. The number of halogens is 1. The average Bonchev–Trinajstić information content (AvgIpc) is 3.28. The molecule has 9 heteroatoms. The van der Waals surface area contributed by atoms with E-state index in [0.717, 1.165) is 16.9 Å². The lowest BCUT2D eigenvalue weighted by Gasteiger charge is -2.09. The molecule has 0 aliphatic carbocycles. The number of rotatable bonds is 6. The molecule has 0 saturated heterocycles. The molecular weight excluding hydrogens is 432 g/mol. The largest absolute Gasteiger partial charge is 0.497 e. The fourth-order valence-electron chi connectivity index (χ4n) is 3.01. The van der Waals surface area contributed by atoms with E-state index in [0.29, 0.717) is 22.1 Å². The first-order valence-electron chi connectivity index (χ1n) is 9.68. The molecule has 4 aromatic rings. The highest BCUT2D eigenvalue weighted by molar-refractivity contribution is 6.31. The van der Waals surface area contributed by atoms with E-state index in [1.807, 2.05) is 19.1 Å². The minimum atomic E-state index is -0.367. The van der Waals surface area contributed by atoms with E-state index in [9.17, 15) is 9.59 Å². The molecule has 0 saturated carbocycles. The number of methoxy groups -OCH3 is 1. The summed E-state index contributed by atoms with van der Waals surface area (Å²) in [5, 5.41) is 7.28. The first kappa shape index (κ1) is 21.3. The number of carbonyl (C=O) groups excluding carboxylic acids is 1. The third-order valence-electron chi connectivity index (χ3n) is 4.77. The summed E-state index contributed by atoms with van der Waals surface area (Å²) in [6, 6.07) is 15.4. The van der Waals surface area contributed by atoms with Gasteiger partial charge in [0.1, 0.15) is 12.3 Å². The second-order valence-electron chi connectivity index (χ2n) is 7.05. The first-order valence-corrected chi connectivity index (χ1v) is 10.1. The topological polar surface area (TPSA) is 99.3 Å². The second kappa shape index (κ2) is 9.07. The van der Waals surface area contributed by atoms with Crippen LogP contribution in [-0.4, -0.2) is 27.7 Å². The highest BCUT2D eigenvalue weighted by Gasteiger charge is 2.13. The maximum atomic E-state index is 12.4. The van der Waals surface area contributed by atoms with Crippen molar-refractivity contribution < 1.29 is 14.1 Å². The van der Waals surface area contributed by atoms with Crippen LogP contribution in [0.4, 0.5) is 5.69 Å². The van der Waals surface area contributed by atoms with Gasteiger partial charge in [0.25, 0.3) is 11.4 Å². The fourth-order valence-corrected chi connectivity index (χ4v) is 3.19. The first-order chi connectivity index (χ1) is 15.4. The zero-order chi connectivity index (χ0) is 22.7. The highest BCUT2D eigenvalue weighted by Crippen LogP contribution is 2.23. The van der Waals surface area contributed by atoms with Gasteiger partial charge in [-0.3, -0.25) is 9.59 Å². The molecular formula is C23H19ClN4O4. The normalized spacial score (nSPS) is 10.7. The Morgan fingerprint density at radius 2 is 1.88 bits per heavy atom. The summed E-state index contributed by atoms with van der Waals surface area (Å²) in [5.74, 6) is 0.981. The van der Waals surface area contributed by atoms with Crippen molar-refractivity contribution in [2.75, 3.05) is 12.4 Å². The molecule has 0 atom stereocenters. The number of pyridine rings is 1. The zero-order valence-corrected chi connectivity index (χ0v) is 18.1. The van der Waals surface area contributed by atoms with Crippen LogP contribution in [0.25, 0.3) is 22.8 Å². The molecule has 1 amide bonds. The number of benzene rings is 2. The summed E-state index contributed by atoms with van der Waals surface area (Å²) >= 11 is 6.10. The Kier molecular flexibility index (Phi) is 6.04. The number of nitrogens with one attached hydrogen (secondary N) is 1. The van der Waals surface area contributed by atoms with Crippen molar-refractivity contribution in [1.29, 1.82) is 0 Å². The van der Waals surface area contributed by atoms with E-state index >= 15 is 0 Å². The van der Waals surface area contributed by atoms with Gasteiger partial charge < -0.3 is 19.1 Å². The Morgan fingerprint density at radius 3 is 2.59 bits per heavy atom. The molecule has 0 spiro atoms. The summed E-state index contributed by atoms with van der Waals surface area (Å²) in [6.07, 6.45) is 1.51. The lowest BCUT2D eigenvalue weighted by atomic mass is 10.2. The van der Waals surface area contributed by atoms with Gasteiger partial charge in [0.15, 0.2) is 0 Å². The molecule has 162 valence electrons. The van der Waals surface area contributed by atoms with Crippen LogP contribution < -0.4 is 15.6 Å². The number of hydrogen-bond donors (Lipinski definition) is 1. The smallest absolute Gasteiger partial charge is 0.259 e. The molecule has 2 aromatic heterocycles. The second-order valence-corrected chi connectivity index (χ2v) is 7.45. The van der Waals surface area contributed by atoms with Crippen molar-refractivity contribution in [3.63, 3.8) is 0 Å². The van der Waals surface area contributed by atoms with Crippen LogP contribution >= 0.6 is 11.6 Å². The van der Waals surface area contributed by atoms with Gasteiger partial charge in [0, 0.05) is 28.5 Å². The lowest BCUT2D eigenvalue weighted by molar-refractivity contribution is -0.116. The quantitative estimate of drug-likeness (QED) is 0.473. The number of hydrogen-bond acceptors (Lipinski definition) is 6. The minimum Gasteiger partial charge on any atom is -0.497 e. The van der Waals surface area contributed by atoms with Crippen LogP contribution in [0.15, 0.2) is 70.1 Å². The molecule has 0 bridgehead atoms. The van der Waals surface area contributed by atoms with Crippen LogP contribution in [-0.2, 0) is 11.3 Å². The number of aromatic nitrogens is 3. The summed E-state index contributed by atoms with van der Waals surface area (Å²) in [7, 11) is 1.59. The summed E-state index contributed by atoms with van der Waals surface area (Å²) in [6.45, 7) is 1.69. The Hall–Kier alpha value is -3.91. The molecule has 32 heavy (non-hydrogen) atoms. The summed E-state index contributed by atoms with van der Waals surface area (Å²) < 4.78 is 11.8. The number of carbonyl (C=O) groups is 1. The van der Waals surface area contributed by atoms with Gasteiger partial charge >= 0.3 is 0 Å². The number of nitrogens with zero attached hydrogens (tertiary/aromatic N) is 3. The van der Waals surface area contributed by atoms with Gasteiger partial charge in [-0.2, -0.15) is 4.98 Å². The van der Waals surface area contributed by atoms with Crippen LogP contribution in [0, 0.1) is 6.92 Å². The van der Waals surface area contributed by atoms with Crippen molar-refractivity contribution in [2.45, 2.75) is 13.5 Å². The molecule has 0 aliphatic rings. The number of aryl methyl sites for hydroxylation is 1. The van der Waals surface area contributed by atoms with Crippen molar-refractivity contribution in [2.24, 2.45) is 0 Å². The van der Waals surface area contributed by atoms with Crippen molar-refractivity contribution in [3.8, 4) is 28.6 Å². The van der Waals surface area contributed by atoms with E-state index in [1.165, 1.54) is 16.8 Å². The minimum absolute atomic E-state index is 0.183. The van der Waals surface area contributed by atoms with Gasteiger partial charge in [0.05, 0.1) is 12.7 Å². The van der Waals surface area contributed by atoms with Gasteiger partial charge in [-0.05, 0) is 55.0 Å². The van der Waals surface area contributed by atoms with Crippen LogP contribution in [0.2, 0.25) is 5.02 Å². The standard InChI is InChI=1S/C23H19ClN4O4/c1-14-3-7-17(11-19(14)24)25-20(29)13-28-12-16(6-10-21(28)30)23-26-22(27-32-23)15-4-8-18(31-2)9-5-15/h3-12H,13H2,1-2H3,(H,25,29). The Labute approximate surface area is 188 Å². The number of ether oxygens (including phenoxy) is 1. The third kappa shape index (κ3) is 4.70.